The van der Waals surface area contributed by atoms with Crippen LogP contribution in [0.15, 0.2) is 36.4 Å². The van der Waals surface area contributed by atoms with E-state index >= 15 is 0 Å². The molecule has 0 saturated carbocycles. The highest BCUT2D eigenvalue weighted by Crippen LogP contribution is 2.28. The van der Waals surface area contributed by atoms with E-state index in [1.165, 1.54) is 12.1 Å². The summed E-state index contributed by atoms with van der Waals surface area (Å²) in [7, 11) is 0. The maximum absolute atomic E-state index is 13.2. The van der Waals surface area contributed by atoms with Crippen molar-refractivity contribution in [1.82, 2.24) is 9.97 Å². The number of ether oxygens (including phenoxy) is 1. The van der Waals surface area contributed by atoms with Crippen LogP contribution in [0.25, 0.3) is 11.0 Å². The van der Waals surface area contributed by atoms with Crippen LogP contribution in [0.4, 0.5) is 4.39 Å². The average Bonchev–Trinajstić information content (AvgIpc) is 2.86. The second kappa shape index (κ2) is 5.20. The van der Waals surface area contributed by atoms with Crippen LogP contribution in [-0.4, -0.2) is 9.97 Å². The van der Waals surface area contributed by atoms with E-state index < -0.39 is 0 Å². The van der Waals surface area contributed by atoms with Gasteiger partial charge in [-0.15, -0.1) is 0 Å². The summed E-state index contributed by atoms with van der Waals surface area (Å²) in [5.74, 6) is 1.29. The molecule has 0 fully saturated rings. The van der Waals surface area contributed by atoms with Gasteiger partial charge in [-0.25, -0.2) is 9.37 Å². The SMILES string of the molecule is Cc1cccc(C)c1O[C@H](C)c1nc2ccc(F)cc2[nH]1. The second-order valence-electron chi connectivity index (χ2n) is 5.26. The lowest BCUT2D eigenvalue weighted by atomic mass is 10.1. The van der Waals surface area contributed by atoms with Crippen LogP contribution in [-0.2, 0) is 0 Å². The van der Waals surface area contributed by atoms with E-state index in [2.05, 4.69) is 9.97 Å². The normalized spacial score (nSPS) is 12.6. The van der Waals surface area contributed by atoms with Crippen molar-refractivity contribution in [3.05, 3.63) is 59.2 Å². The number of aromatic amines is 1. The van der Waals surface area contributed by atoms with E-state index in [-0.39, 0.29) is 11.9 Å². The van der Waals surface area contributed by atoms with Gasteiger partial charge in [0.25, 0.3) is 0 Å². The lowest BCUT2D eigenvalue weighted by molar-refractivity contribution is 0.215. The molecule has 0 aliphatic heterocycles. The number of aromatic nitrogens is 2. The van der Waals surface area contributed by atoms with Crippen molar-refractivity contribution in [3.63, 3.8) is 0 Å². The Labute approximate surface area is 122 Å². The Kier molecular flexibility index (Phi) is 3.37. The molecule has 4 heteroatoms. The fourth-order valence-electron chi connectivity index (χ4n) is 2.41. The van der Waals surface area contributed by atoms with E-state index in [0.717, 1.165) is 22.4 Å². The van der Waals surface area contributed by atoms with E-state index in [1.54, 1.807) is 6.07 Å². The van der Waals surface area contributed by atoms with E-state index in [4.69, 9.17) is 4.74 Å². The molecule has 2 aromatic carbocycles. The molecule has 0 amide bonds. The van der Waals surface area contributed by atoms with Crippen molar-refractivity contribution in [2.45, 2.75) is 26.9 Å². The quantitative estimate of drug-likeness (QED) is 0.771. The van der Waals surface area contributed by atoms with Crippen molar-refractivity contribution < 1.29 is 9.13 Å². The average molecular weight is 284 g/mol. The number of imidazole rings is 1. The molecule has 3 nitrogen and oxygen atoms in total. The monoisotopic (exact) mass is 284 g/mol. The third-order valence-corrected chi connectivity index (χ3v) is 3.55. The summed E-state index contributed by atoms with van der Waals surface area (Å²) in [5, 5.41) is 0. The minimum absolute atomic E-state index is 0.236. The molecule has 1 aromatic heterocycles. The fourth-order valence-corrected chi connectivity index (χ4v) is 2.41. The molecule has 1 N–H and O–H groups in total. The van der Waals surface area contributed by atoms with Gasteiger partial charge in [0.15, 0.2) is 6.10 Å². The molecule has 3 rings (SSSR count). The Bertz CT molecular complexity index is 774. The van der Waals surface area contributed by atoms with Crippen LogP contribution in [0.5, 0.6) is 5.75 Å². The number of nitrogens with one attached hydrogen (secondary N) is 1. The summed E-state index contributed by atoms with van der Waals surface area (Å²) in [6.45, 7) is 5.96. The van der Waals surface area contributed by atoms with Crippen LogP contribution in [0, 0.1) is 19.7 Å². The number of halogens is 1. The smallest absolute Gasteiger partial charge is 0.153 e. The third kappa shape index (κ3) is 2.61. The minimum Gasteiger partial charge on any atom is -0.482 e. The summed E-state index contributed by atoms with van der Waals surface area (Å²) in [5.41, 5.74) is 3.60. The Balaban J connectivity index is 1.91. The molecule has 0 aliphatic rings. The van der Waals surface area contributed by atoms with Crippen molar-refractivity contribution in [3.8, 4) is 5.75 Å². The highest BCUT2D eigenvalue weighted by atomic mass is 19.1. The minimum atomic E-state index is -0.277. The lowest BCUT2D eigenvalue weighted by Crippen LogP contribution is -2.07. The molecule has 0 unspecified atom stereocenters. The van der Waals surface area contributed by atoms with Gasteiger partial charge in [-0.1, -0.05) is 18.2 Å². The predicted octanol–water partition coefficient (Wildman–Crippen LogP) is 4.46. The molecule has 3 aromatic rings. The van der Waals surface area contributed by atoms with Gasteiger partial charge in [0.05, 0.1) is 11.0 Å². The van der Waals surface area contributed by atoms with Gasteiger partial charge in [0.1, 0.15) is 17.4 Å². The number of rotatable bonds is 3. The standard InChI is InChI=1S/C17H17FN2O/c1-10-5-4-6-11(2)16(10)21-12(3)17-19-14-8-7-13(18)9-15(14)20-17/h4-9,12H,1-3H3,(H,19,20)/t12-/m1/s1. The highest BCUT2D eigenvalue weighted by molar-refractivity contribution is 5.75. The summed E-state index contributed by atoms with van der Waals surface area (Å²) < 4.78 is 19.3. The molecule has 108 valence electrons. The summed E-state index contributed by atoms with van der Waals surface area (Å²) >= 11 is 0. The van der Waals surface area contributed by atoms with Crippen LogP contribution < -0.4 is 4.74 Å². The maximum Gasteiger partial charge on any atom is 0.153 e. The van der Waals surface area contributed by atoms with Gasteiger partial charge >= 0.3 is 0 Å². The summed E-state index contributed by atoms with van der Waals surface area (Å²) in [6.07, 6.45) is -0.236. The van der Waals surface area contributed by atoms with Crippen molar-refractivity contribution in [1.29, 1.82) is 0 Å². The zero-order valence-corrected chi connectivity index (χ0v) is 12.3. The van der Waals surface area contributed by atoms with Gasteiger partial charge in [0, 0.05) is 0 Å². The molecule has 0 aliphatic carbocycles. The van der Waals surface area contributed by atoms with E-state index in [0.29, 0.717) is 11.3 Å². The first kappa shape index (κ1) is 13.6. The number of benzene rings is 2. The Morgan fingerprint density at radius 1 is 1.14 bits per heavy atom. The first-order chi connectivity index (χ1) is 10.0. The largest absolute Gasteiger partial charge is 0.482 e. The molecule has 1 heterocycles. The van der Waals surface area contributed by atoms with Crippen LogP contribution in [0.1, 0.15) is 30.0 Å². The van der Waals surface area contributed by atoms with Crippen molar-refractivity contribution >= 4 is 11.0 Å². The highest BCUT2D eigenvalue weighted by Gasteiger charge is 2.15. The van der Waals surface area contributed by atoms with Gasteiger partial charge in [-0.3, -0.25) is 0 Å². The van der Waals surface area contributed by atoms with Gasteiger partial charge in [-0.05, 0) is 50.1 Å². The summed E-state index contributed by atoms with van der Waals surface area (Å²) in [6, 6.07) is 10.6. The lowest BCUT2D eigenvalue weighted by Gasteiger charge is -2.16. The van der Waals surface area contributed by atoms with Gasteiger partial charge in [-0.2, -0.15) is 0 Å². The molecule has 0 bridgehead atoms. The molecule has 1 atom stereocenters. The second-order valence-corrected chi connectivity index (χ2v) is 5.26. The zero-order chi connectivity index (χ0) is 15.0. The number of H-pyrrole nitrogens is 1. The van der Waals surface area contributed by atoms with Crippen molar-refractivity contribution in [2.24, 2.45) is 0 Å². The fraction of sp³-hybridized carbons (Fsp3) is 0.235. The zero-order valence-electron chi connectivity index (χ0n) is 12.3. The Hall–Kier alpha value is -2.36. The topological polar surface area (TPSA) is 37.9 Å². The van der Waals surface area contributed by atoms with Crippen molar-refractivity contribution in [2.75, 3.05) is 0 Å². The van der Waals surface area contributed by atoms with Crippen LogP contribution in [0.3, 0.4) is 0 Å². The number of aryl methyl sites for hydroxylation is 2. The molecular formula is C17H17FN2O. The molecular weight excluding hydrogens is 267 g/mol. The number of hydrogen-bond acceptors (Lipinski definition) is 2. The van der Waals surface area contributed by atoms with E-state index in [9.17, 15) is 4.39 Å². The molecule has 0 saturated heterocycles. The number of fused-ring (bicyclic) bond motifs is 1. The van der Waals surface area contributed by atoms with Gasteiger partial charge < -0.3 is 9.72 Å². The number of nitrogens with zero attached hydrogens (tertiary/aromatic N) is 1. The van der Waals surface area contributed by atoms with Crippen LogP contribution >= 0.6 is 0 Å². The van der Waals surface area contributed by atoms with E-state index in [1.807, 2.05) is 39.0 Å². The predicted molar refractivity (Wildman–Crippen MR) is 81.0 cm³/mol. The Morgan fingerprint density at radius 2 is 1.86 bits per heavy atom. The first-order valence-electron chi connectivity index (χ1n) is 6.92. The maximum atomic E-state index is 13.2. The molecule has 0 spiro atoms. The summed E-state index contributed by atoms with van der Waals surface area (Å²) in [4.78, 5) is 7.58. The van der Waals surface area contributed by atoms with Gasteiger partial charge in [0.2, 0.25) is 0 Å². The van der Waals surface area contributed by atoms with Crippen LogP contribution in [0.2, 0.25) is 0 Å². The number of hydrogen-bond donors (Lipinski definition) is 1. The third-order valence-electron chi connectivity index (χ3n) is 3.55. The Morgan fingerprint density at radius 3 is 2.57 bits per heavy atom. The molecule has 0 radical (unpaired) electrons. The first-order valence-corrected chi connectivity index (χ1v) is 6.92. The molecule has 21 heavy (non-hydrogen) atoms. The number of para-hydroxylation sites is 1.